The molecule has 0 aliphatic rings. The number of nitrogens with zero attached hydrogens (tertiary/aromatic N) is 1. The summed E-state index contributed by atoms with van der Waals surface area (Å²) < 4.78 is 0. The van der Waals surface area contributed by atoms with Crippen LogP contribution in [-0.4, -0.2) is 17.4 Å². The van der Waals surface area contributed by atoms with Crippen molar-refractivity contribution in [1.29, 1.82) is 0 Å². The van der Waals surface area contributed by atoms with E-state index in [9.17, 15) is 4.79 Å². The molecule has 20 heavy (non-hydrogen) atoms. The Balaban J connectivity index is 1.80. The molecule has 4 nitrogen and oxygen atoms in total. The molecule has 6 heteroatoms. The highest BCUT2D eigenvalue weighted by Gasteiger charge is 2.04. The van der Waals surface area contributed by atoms with Crippen LogP contribution in [0.2, 0.25) is 10.0 Å². The molecule has 0 aliphatic carbocycles. The summed E-state index contributed by atoms with van der Waals surface area (Å²) in [6.45, 7) is 0.615. The number of hydrogen-bond acceptors (Lipinski definition) is 3. The van der Waals surface area contributed by atoms with Gasteiger partial charge < -0.3 is 10.6 Å². The summed E-state index contributed by atoms with van der Waals surface area (Å²) in [5, 5.41) is 6.81. The van der Waals surface area contributed by atoms with Gasteiger partial charge in [0.2, 0.25) is 5.91 Å². The van der Waals surface area contributed by atoms with E-state index in [0.29, 0.717) is 22.3 Å². The van der Waals surface area contributed by atoms with Gasteiger partial charge in [-0.25, -0.2) is 0 Å². The van der Waals surface area contributed by atoms with E-state index in [1.54, 1.807) is 30.6 Å². The van der Waals surface area contributed by atoms with Crippen molar-refractivity contribution in [2.75, 3.05) is 11.9 Å². The Morgan fingerprint density at radius 2 is 1.90 bits per heavy atom. The first-order chi connectivity index (χ1) is 9.65. The lowest BCUT2D eigenvalue weighted by Crippen LogP contribution is -2.29. The molecule has 2 rings (SSSR count). The Kier molecular flexibility index (Phi) is 5.21. The number of hydrogen-bond donors (Lipinski definition) is 2. The van der Waals surface area contributed by atoms with E-state index in [1.807, 2.05) is 12.1 Å². The maximum atomic E-state index is 11.7. The van der Waals surface area contributed by atoms with Crippen LogP contribution in [0, 0.1) is 0 Å². The van der Waals surface area contributed by atoms with Gasteiger partial charge in [-0.3, -0.25) is 9.78 Å². The average molecular weight is 310 g/mol. The number of pyridine rings is 1. The summed E-state index contributed by atoms with van der Waals surface area (Å²) in [6, 6.07) is 8.78. The van der Waals surface area contributed by atoms with Crippen molar-refractivity contribution in [2.24, 2.45) is 0 Å². The minimum absolute atomic E-state index is 0.118. The highest BCUT2D eigenvalue weighted by molar-refractivity contribution is 6.36. The third-order valence-corrected chi connectivity index (χ3v) is 3.16. The first kappa shape index (κ1) is 14.6. The Hall–Kier alpha value is -1.78. The predicted molar refractivity (Wildman–Crippen MR) is 81.0 cm³/mol. The largest absolute Gasteiger partial charge is 0.375 e. The fourth-order valence-corrected chi connectivity index (χ4v) is 2.05. The van der Waals surface area contributed by atoms with Gasteiger partial charge in [0.15, 0.2) is 0 Å². The zero-order chi connectivity index (χ0) is 14.4. The number of benzene rings is 1. The van der Waals surface area contributed by atoms with Crippen molar-refractivity contribution in [3.63, 3.8) is 0 Å². The van der Waals surface area contributed by atoms with E-state index in [4.69, 9.17) is 23.2 Å². The highest BCUT2D eigenvalue weighted by Crippen LogP contribution is 2.24. The molecule has 1 aromatic heterocycles. The van der Waals surface area contributed by atoms with Gasteiger partial charge in [-0.05, 0) is 35.9 Å². The van der Waals surface area contributed by atoms with E-state index in [1.165, 1.54) is 0 Å². The lowest BCUT2D eigenvalue weighted by atomic mass is 10.2. The van der Waals surface area contributed by atoms with Crippen molar-refractivity contribution in [1.82, 2.24) is 10.3 Å². The Bertz CT molecular complexity index is 590. The molecule has 0 aliphatic heterocycles. The maximum absolute atomic E-state index is 11.7. The fraction of sp³-hybridized carbons (Fsp3) is 0.143. The number of halogens is 2. The Labute approximate surface area is 127 Å². The summed E-state index contributed by atoms with van der Waals surface area (Å²) in [5.74, 6) is -0.118. The Morgan fingerprint density at radius 1 is 1.15 bits per heavy atom. The Morgan fingerprint density at radius 3 is 2.60 bits per heavy atom. The normalized spacial score (nSPS) is 10.1. The zero-order valence-electron chi connectivity index (χ0n) is 10.6. The molecule has 0 bridgehead atoms. The third-order valence-electron chi connectivity index (χ3n) is 2.61. The van der Waals surface area contributed by atoms with Crippen LogP contribution in [0.1, 0.15) is 5.56 Å². The summed E-state index contributed by atoms with van der Waals surface area (Å²) in [7, 11) is 0. The van der Waals surface area contributed by atoms with Gasteiger partial charge in [-0.15, -0.1) is 0 Å². The minimum Gasteiger partial charge on any atom is -0.375 e. The number of aromatic nitrogens is 1. The second-order valence-corrected chi connectivity index (χ2v) is 4.95. The summed E-state index contributed by atoms with van der Waals surface area (Å²) in [4.78, 5) is 15.6. The molecule has 0 saturated carbocycles. The number of rotatable bonds is 5. The van der Waals surface area contributed by atoms with Gasteiger partial charge in [0.05, 0.1) is 17.3 Å². The number of carbonyl (C=O) groups is 1. The second kappa shape index (κ2) is 7.12. The lowest BCUT2D eigenvalue weighted by Gasteiger charge is -2.09. The van der Waals surface area contributed by atoms with Gasteiger partial charge >= 0.3 is 0 Å². The number of nitrogens with one attached hydrogen (secondary N) is 2. The molecular weight excluding hydrogens is 297 g/mol. The zero-order valence-corrected chi connectivity index (χ0v) is 12.1. The first-order valence-corrected chi connectivity index (χ1v) is 6.75. The molecule has 0 unspecified atom stereocenters. The molecule has 0 atom stereocenters. The number of carbonyl (C=O) groups excluding carboxylic acids is 1. The molecule has 0 radical (unpaired) electrons. The van der Waals surface area contributed by atoms with Crippen molar-refractivity contribution in [3.05, 3.63) is 58.3 Å². The maximum Gasteiger partial charge on any atom is 0.239 e. The van der Waals surface area contributed by atoms with Gasteiger partial charge in [0.25, 0.3) is 0 Å². The van der Waals surface area contributed by atoms with Crippen molar-refractivity contribution in [2.45, 2.75) is 6.54 Å². The molecular formula is C14H13Cl2N3O. The molecule has 0 fully saturated rings. The number of anilines is 1. The van der Waals surface area contributed by atoms with E-state index < -0.39 is 0 Å². The van der Waals surface area contributed by atoms with E-state index >= 15 is 0 Å². The summed E-state index contributed by atoms with van der Waals surface area (Å²) in [6.07, 6.45) is 3.38. The fourth-order valence-electron chi connectivity index (χ4n) is 1.57. The van der Waals surface area contributed by atoms with Crippen LogP contribution in [0.15, 0.2) is 42.7 Å². The molecule has 104 valence electrons. The topological polar surface area (TPSA) is 54.0 Å². The van der Waals surface area contributed by atoms with Crippen molar-refractivity contribution < 1.29 is 4.79 Å². The van der Waals surface area contributed by atoms with Crippen LogP contribution in [0.3, 0.4) is 0 Å². The van der Waals surface area contributed by atoms with Crippen molar-refractivity contribution in [3.8, 4) is 0 Å². The molecule has 0 spiro atoms. The SMILES string of the molecule is O=C(CNc1ccc(Cl)cc1Cl)NCc1ccncc1. The minimum atomic E-state index is -0.118. The molecule has 2 N–H and O–H groups in total. The lowest BCUT2D eigenvalue weighted by molar-refractivity contribution is -0.119. The van der Waals surface area contributed by atoms with Crippen LogP contribution in [0.5, 0.6) is 0 Å². The molecule has 0 saturated heterocycles. The smallest absolute Gasteiger partial charge is 0.239 e. The van der Waals surface area contributed by atoms with Crippen molar-refractivity contribution >= 4 is 34.8 Å². The third kappa shape index (κ3) is 4.40. The summed E-state index contributed by atoms with van der Waals surface area (Å²) >= 11 is 11.8. The van der Waals surface area contributed by atoms with Gasteiger partial charge in [-0.1, -0.05) is 23.2 Å². The van der Waals surface area contributed by atoms with Crippen LogP contribution < -0.4 is 10.6 Å². The van der Waals surface area contributed by atoms with Crippen LogP contribution in [-0.2, 0) is 11.3 Å². The second-order valence-electron chi connectivity index (χ2n) is 4.11. The van der Waals surface area contributed by atoms with E-state index in [-0.39, 0.29) is 12.5 Å². The van der Waals surface area contributed by atoms with Gasteiger partial charge in [0.1, 0.15) is 0 Å². The molecule has 1 amide bonds. The highest BCUT2D eigenvalue weighted by atomic mass is 35.5. The van der Waals surface area contributed by atoms with Gasteiger partial charge in [-0.2, -0.15) is 0 Å². The van der Waals surface area contributed by atoms with Gasteiger partial charge in [0, 0.05) is 24.0 Å². The molecule has 1 heterocycles. The standard InChI is InChI=1S/C14H13Cl2N3O/c15-11-1-2-13(12(16)7-11)18-9-14(20)19-8-10-3-5-17-6-4-10/h1-7,18H,8-9H2,(H,19,20). The molecule has 1 aromatic carbocycles. The quantitative estimate of drug-likeness (QED) is 0.892. The van der Waals surface area contributed by atoms with E-state index in [0.717, 1.165) is 5.56 Å². The predicted octanol–water partition coefficient (Wildman–Crippen LogP) is 3.12. The molecule has 2 aromatic rings. The van der Waals surface area contributed by atoms with Crippen LogP contribution in [0.25, 0.3) is 0 Å². The average Bonchev–Trinajstić information content (AvgIpc) is 2.45. The first-order valence-electron chi connectivity index (χ1n) is 5.99. The monoisotopic (exact) mass is 309 g/mol. The number of amides is 1. The van der Waals surface area contributed by atoms with Crippen LogP contribution >= 0.6 is 23.2 Å². The van der Waals surface area contributed by atoms with Crippen LogP contribution in [0.4, 0.5) is 5.69 Å². The van der Waals surface area contributed by atoms with E-state index in [2.05, 4.69) is 15.6 Å². The summed E-state index contributed by atoms with van der Waals surface area (Å²) in [5.41, 5.74) is 1.67.